The summed E-state index contributed by atoms with van der Waals surface area (Å²) < 4.78 is 0. The number of anilines is 2. The number of rotatable bonds is 3. The predicted molar refractivity (Wildman–Crippen MR) is 113 cm³/mol. The van der Waals surface area contributed by atoms with Gasteiger partial charge in [0.2, 0.25) is 5.91 Å². The van der Waals surface area contributed by atoms with Crippen LogP contribution in [0.2, 0.25) is 5.02 Å². The molecular formula is C19H28Cl3N3O. The molecule has 4 rings (SSSR count). The van der Waals surface area contributed by atoms with Crippen molar-refractivity contribution < 1.29 is 4.79 Å². The number of hydrogen-bond acceptors (Lipinski definition) is 3. The van der Waals surface area contributed by atoms with Crippen LogP contribution in [0.3, 0.4) is 0 Å². The molecule has 1 aromatic carbocycles. The minimum absolute atomic E-state index is 0. The normalized spacial score (nSPS) is 23.6. The first-order chi connectivity index (χ1) is 11.7. The smallest absolute Gasteiger partial charge is 0.228 e. The van der Waals surface area contributed by atoms with Crippen LogP contribution in [0, 0.1) is 11.3 Å². The van der Waals surface area contributed by atoms with Gasteiger partial charge in [0.25, 0.3) is 0 Å². The predicted octanol–water partition coefficient (Wildman–Crippen LogP) is 4.50. The van der Waals surface area contributed by atoms with E-state index in [0.717, 1.165) is 56.8 Å². The number of nitrogens with zero attached hydrogens (tertiary/aromatic N) is 1. The fourth-order valence-electron chi connectivity index (χ4n) is 4.43. The molecular weight excluding hydrogens is 393 g/mol. The maximum atomic E-state index is 12.8. The third kappa shape index (κ3) is 4.41. The zero-order valence-corrected chi connectivity index (χ0v) is 17.3. The molecule has 0 bridgehead atoms. The van der Waals surface area contributed by atoms with Crippen LogP contribution in [0.15, 0.2) is 18.2 Å². The van der Waals surface area contributed by atoms with Crippen molar-refractivity contribution in [3.05, 3.63) is 23.2 Å². The summed E-state index contributed by atoms with van der Waals surface area (Å²) in [6.45, 7) is 4.20. The molecule has 146 valence electrons. The number of hydrogen-bond donors (Lipinski definition) is 2. The van der Waals surface area contributed by atoms with Crippen molar-refractivity contribution in [3.63, 3.8) is 0 Å². The van der Waals surface area contributed by atoms with E-state index in [4.69, 9.17) is 11.6 Å². The molecule has 1 amide bonds. The molecule has 3 aliphatic rings. The summed E-state index contributed by atoms with van der Waals surface area (Å²) in [6.07, 6.45) is 7.02. The summed E-state index contributed by atoms with van der Waals surface area (Å²) in [5.74, 6) is 0.352. The molecule has 1 unspecified atom stereocenters. The Morgan fingerprint density at radius 3 is 2.54 bits per heavy atom. The highest BCUT2D eigenvalue weighted by atomic mass is 35.5. The molecule has 26 heavy (non-hydrogen) atoms. The lowest BCUT2D eigenvalue weighted by atomic mass is 9.92. The van der Waals surface area contributed by atoms with Crippen molar-refractivity contribution in [1.29, 1.82) is 0 Å². The van der Waals surface area contributed by atoms with Gasteiger partial charge in [-0.25, -0.2) is 0 Å². The van der Waals surface area contributed by atoms with Crippen LogP contribution in [0.1, 0.15) is 38.5 Å². The summed E-state index contributed by atoms with van der Waals surface area (Å²) in [6, 6.07) is 5.88. The molecule has 1 atom stereocenters. The van der Waals surface area contributed by atoms with E-state index in [1.54, 1.807) is 0 Å². The van der Waals surface area contributed by atoms with Gasteiger partial charge in [-0.05, 0) is 75.2 Å². The Balaban J connectivity index is 0.00000121. The maximum absolute atomic E-state index is 12.8. The topological polar surface area (TPSA) is 44.4 Å². The van der Waals surface area contributed by atoms with Crippen molar-refractivity contribution in [3.8, 4) is 0 Å². The maximum Gasteiger partial charge on any atom is 0.228 e. The van der Waals surface area contributed by atoms with Crippen LogP contribution in [0.4, 0.5) is 11.4 Å². The average molecular weight is 421 g/mol. The van der Waals surface area contributed by atoms with E-state index in [0.29, 0.717) is 5.02 Å². The van der Waals surface area contributed by atoms with Gasteiger partial charge in [-0.2, -0.15) is 0 Å². The molecule has 7 heteroatoms. The second-order valence-electron chi connectivity index (χ2n) is 7.57. The Labute approximate surface area is 173 Å². The fourth-order valence-corrected chi connectivity index (χ4v) is 4.61. The third-order valence-corrected chi connectivity index (χ3v) is 6.25. The van der Waals surface area contributed by atoms with E-state index in [1.165, 1.54) is 19.3 Å². The molecule has 2 saturated heterocycles. The van der Waals surface area contributed by atoms with Gasteiger partial charge in [-0.15, -0.1) is 24.8 Å². The first-order valence-corrected chi connectivity index (χ1v) is 9.62. The van der Waals surface area contributed by atoms with E-state index in [1.807, 2.05) is 12.1 Å². The van der Waals surface area contributed by atoms with Crippen LogP contribution < -0.4 is 15.5 Å². The van der Waals surface area contributed by atoms with E-state index >= 15 is 0 Å². The van der Waals surface area contributed by atoms with Gasteiger partial charge in [-0.1, -0.05) is 11.6 Å². The number of amides is 1. The van der Waals surface area contributed by atoms with Gasteiger partial charge in [0.15, 0.2) is 0 Å². The van der Waals surface area contributed by atoms with Gasteiger partial charge >= 0.3 is 0 Å². The fraction of sp³-hybridized carbons (Fsp3) is 0.632. The summed E-state index contributed by atoms with van der Waals surface area (Å²) in [5.41, 5.74) is 2.26. The monoisotopic (exact) mass is 419 g/mol. The van der Waals surface area contributed by atoms with Gasteiger partial charge in [-0.3, -0.25) is 4.79 Å². The van der Waals surface area contributed by atoms with Crippen molar-refractivity contribution in [1.82, 2.24) is 5.32 Å². The van der Waals surface area contributed by atoms with E-state index in [-0.39, 0.29) is 42.1 Å². The Hall–Kier alpha value is -0.680. The minimum Gasteiger partial charge on any atom is -0.370 e. The summed E-state index contributed by atoms with van der Waals surface area (Å²) in [7, 11) is 0. The highest BCUT2D eigenvalue weighted by Gasteiger charge is 2.57. The Bertz CT molecular complexity index is 628. The number of benzene rings is 1. The van der Waals surface area contributed by atoms with Crippen molar-refractivity contribution in [2.24, 2.45) is 11.3 Å². The van der Waals surface area contributed by atoms with Crippen molar-refractivity contribution >= 4 is 53.7 Å². The van der Waals surface area contributed by atoms with E-state index < -0.39 is 0 Å². The molecule has 1 saturated carbocycles. The molecule has 3 fully saturated rings. The molecule has 1 aliphatic carbocycles. The average Bonchev–Trinajstić information content (AvgIpc) is 3.29. The van der Waals surface area contributed by atoms with E-state index in [9.17, 15) is 4.79 Å². The van der Waals surface area contributed by atoms with Crippen molar-refractivity contribution in [2.45, 2.75) is 38.5 Å². The molecule has 1 aromatic rings. The second kappa shape index (κ2) is 9.01. The quantitative estimate of drug-likeness (QED) is 0.756. The number of nitrogens with one attached hydrogen (secondary N) is 2. The molecule has 2 heterocycles. The Morgan fingerprint density at radius 2 is 1.85 bits per heavy atom. The lowest BCUT2D eigenvalue weighted by Crippen LogP contribution is -2.32. The van der Waals surface area contributed by atoms with Crippen molar-refractivity contribution in [2.75, 3.05) is 36.4 Å². The van der Waals surface area contributed by atoms with Gasteiger partial charge < -0.3 is 15.5 Å². The summed E-state index contributed by atoms with van der Waals surface area (Å²) in [4.78, 5) is 15.2. The lowest BCUT2D eigenvalue weighted by Gasteiger charge is -2.31. The number of halogens is 3. The largest absolute Gasteiger partial charge is 0.370 e. The highest BCUT2D eigenvalue weighted by molar-refractivity contribution is 6.31. The second-order valence-corrected chi connectivity index (χ2v) is 8.00. The summed E-state index contributed by atoms with van der Waals surface area (Å²) >= 11 is 6.20. The zero-order chi connectivity index (χ0) is 16.6. The van der Waals surface area contributed by atoms with E-state index in [2.05, 4.69) is 21.6 Å². The molecule has 1 spiro atoms. The van der Waals surface area contributed by atoms with Crippen LogP contribution >= 0.6 is 36.4 Å². The number of piperidine rings is 2. The molecule has 4 nitrogen and oxygen atoms in total. The Morgan fingerprint density at radius 1 is 1.15 bits per heavy atom. The SMILES string of the molecule is Cl.Cl.O=C(Nc1cc(Cl)ccc1N1CCCCC1)C1CC12CCNCC2. The van der Waals surface area contributed by atoms with Crippen LogP contribution in [-0.2, 0) is 4.79 Å². The molecule has 2 N–H and O–H groups in total. The van der Waals surface area contributed by atoms with Gasteiger partial charge in [0.1, 0.15) is 0 Å². The number of carbonyl (C=O) groups excluding carboxylic acids is 1. The van der Waals surface area contributed by atoms with Crippen LogP contribution in [0.25, 0.3) is 0 Å². The minimum atomic E-state index is 0. The van der Waals surface area contributed by atoms with Gasteiger partial charge in [0.05, 0.1) is 11.4 Å². The molecule has 0 aromatic heterocycles. The van der Waals surface area contributed by atoms with Crippen LogP contribution in [-0.4, -0.2) is 32.1 Å². The standard InChI is InChI=1S/C19H26ClN3O.2ClH/c20-14-4-5-17(23-10-2-1-3-11-23)16(12-14)22-18(24)15-13-19(15)6-8-21-9-7-19;;/h4-5,12,15,21H,1-3,6-11,13H2,(H,22,24);2*1H. The molecule has 2 aliphatic heterocycles. The highest BCUT2D eigenvalue weighted by Crippen LogP contribution is 2.59. The number of carbonyl (C=O) groups is 1. The first-order valence-electron chi connectivity index (χ1n) is 9.24. The van der Waals surface area contributed by atoms with Crippen LogP contribution in [0.5, 0.6) is 0 Å². The first kappa shape index (κ1) is 21.6. The Kier molecular flexibility index (Phi) is 7.49. The third-order valence-electron chi connectivity index (χ3n) is 6.02. The summed E-state index contributed by atoms with van der Waals surface area (Å²) in [5, 5.41) is 7.27. The zero-order valence-electron chi connectivity index (χ0n) is 14.9. The van der Waals surface area contributed by atoms with Gasteiger partial charge in [0, 0.05) is 24.0 Å². The molecule has 0 radical (unpaired) electrons. The lowest BCUT2D eigenvalue weighted by molar-refractivity contribution is -0.118.